The van der Waals surface area contributed by atoms with Crippen LogP contribution in [0.2, 0.25) is 0 Å². The molecule has 0 spiro atoms. The average Bonchev–Trinajstić information content (AvgIpc) is 2.65. The van der Waals surface area contributed by atoms with E-state index in [1.54, 1.807) is 0 Å². The van der Waals surface area contributed by atoms with Crippen LogP contribution in [0, 0.1) is 11.3 Å². The van der Waals surface area contributed by atoms with Crippen molar-refractivity contribution in [2.45, 2.75) is 47.0 Å². The first-order valence-corrected chi connectivity index (χ1v) is 7.00. The highest BCUT2D eigenvalue weighted by atomic mass is 15.2. The summed E-state index contributed by atoms with van der Waals surface area (Å²) in [5, 5.41) is 3.55. The van der Waals surface area contributed by atoms with Crippen LogP contribution in [0.5, 0.6) is 0 Å². The number of hydrogen-bond donors (Lipinski definition) is 1. The van der Waals surface area contributed by atoms with Crippen molar-refractivity contribution in [3.63, 3.8) is 0 Å². The van der Waals surface area contributed by atoms with Crippen LogP contribution in [0.4, 0.5) is 0 Å². The van der Waals surface area contributed by atoms with Gasteiger partial charge in [0.2, 0.25) is 0 Å². The van der Waals surface area contributed by atoms with Crippen LogP contribution in [0.3, 0.4) is 0 Å². The van der Waals surface area contributed by atoms with E-state index in [-0.39, 0.29) is 0 Å². The van der Waals surface area contributed by atoms with Gasteiger partial charge in [0.15, 0.2) is 0 Å². The number of hydrogen-bond acceptors (Lipinski definition) is 2. The van der Waals surface area contributed by atoms with Crippen LogP contribution in [0.1, 0.15) is 47.0 Å². The molecular weight excluding hydrogens is 196 g/mol. The molecule has 1 fully saturated rings. The van der Waals surface area contributed by atoms with Crippen molar-refractivity contribution in [3.05, 3.63) is 0 Å². The second-order valence-electron chi connectivity index (χ2n) is 6.14. The fourth-order valence-corrected chi connectivity index (χ4v) is 2.65. The highest BCUT2D eigenvalue weighted by Crippen LogP contribution is 2.23. The lowest BCUT2D eigenvalue weighted by Gasteiger charge is -2.30. The van der Waals surface area contributed by atoms with Crippen molar-refractivity contribution in [3.8, 4) is 0 Å². The van der Waals surface area contributed by atoms with Crippen LogP contribution in [0.25, 0.3) is 0 Å². The van der Waals surface area contributed by atoms with E-state index in [4.69, 9.17) is 0 Å². The van der Waals surface area contributed by atoms with Gasteiger partial charge < -0.3 is 10.2 Å². The van der Waals surface area contributed by atoms with Gasteiger partial charge in [0.25, 0.3) is 0 Å². The minimum atomic E-state index is 0.414. The monoisotopic (exact) mass is 226 g/mol. The van der Waals surface area contributed by atoms with E-state index >= 15 is 0 Å². The maximum atomic E-state index is 3.55. The Morgan fingerprint density at radius 1 is 1.31 bits per heavy atom. The molecule has 2 nitrogen and oxygen atoms in total. The minimum absolute atomic E-state index is 0.414. The van der Waals surface area contributed by atoms with E-state index in [0.717, 1.165) is 19.0 Å². The van der Waals surface area contributed by atoms with Gasteiger partial charge in [-0.3, -0.25) is 0 Å². The second kappa shape index (κ2) is 6.61. The molecule has 1 aliphatic rings. The summed E-state index contributed by atoms with van der Waals surface area (Å²) in [6.07, 6.45) is 4.00. The zero-order chi connectivity index (χ0) is 12.0. The van der Waals surface area contributed by atoms with Gasteiger partial charge in [-0.2, -0.15) is 0 Å². The largest absolute Gasteiger partial charge is 0.316 e. The van der Waals surface area contributed by atoms with E-state index in [1.807, 2.05) is 0 Å². The van der Waals surface area contributed by atoms with E-state index in [0.29, 0.717) is 5.41 Å². The summed E-state index contributed by atoms with van der Waals surface area (Å²) < 4.78 is 0. The maximum absolute atomic E-state index is 3.55. The van der Waals surface area contributed by atoms with Crippen LogP contribution in [-0.4, -0.2) is 37.6 Å². The molecular formula is C14H30N2. The lowest BCUT2D eigenvalue weighted by molar-refractivity contribution is 0.198. The Bertz CT molecular complexity index is 189. The Hall–Kier alpha value is -0.0800. The molecule has 0 aliphatic carbocycles. The third-order valence-corrected chi connectivity index (χ3v) is 3.63. The van der Waals surface area contributed by atoms with E-state index in [2.05, 4.69) is 37.9 Å². The van der Waals surface area contributed by atoms with Crippen molar-refractivity contribution < 1.29 is 0 Å². The summed E-state index contributed by atoms with van der Waals surface area (Å²) in [6.45, 7) is 15.5. The molecule has 1 rings (SSSR count). The molecule has 1 atom stereocenters. The molecule has 0 aromatic heterocycles. The Labute approximate surface area is 102 Å². The summed E-state index contributed by atoms with van der Waals surface area (Å²) in [5.74, 6) is 0.958. The first kappa shape index (κ1) is 14.0. The Balaban J connectivity index is 2.24. The smallest absolute Gasteiger partial charge is 0.00449 e. The van der Waals surface area contributed by atoms with Crippen LogP contribution in [0.15, 0.2) is 0 Å². The zero-order valence-corrected chi connectivity index (χ0v) is 11.7. The molecule has 1 N–H and O–H groups in total. The summed E-state index contributed by atoms with van der Waals surface area (Å²) >= 11 is 0. The van der Waals surface area contributed by atoms with E-state index in [1.165, 1.54) is 38.9 Å². The minimum Gasteiger partial charge on any atom is -0.316 e. The Morgan fingerprint density at radius 2 is 2.06 bits per heavy atom. The predicted octanol–water partition coefficient (Wildman–Crippen LogP) is 2.74. The van der Waals surface area contributed by atoms with Crippen molar-refractivity contribution in [2.24, 2.45) is 11.3 Å². The third-order valence-electron chi connectivity index (χ3n) is 3.63. The molecule has 0 aromatic carbocycles. The van der Waals surface area contributed by atoms with E-state index in [9.17, 15) is 0 Å². The number of nitrogens with zero attached hydrogens (tertiary/aromatic N) is 1. The fourth-order valence-electron chi connectivity index (χ4n) is 2.65. The van der Waals surface area contributed by atoms with E-state index < -0.39 is 0 Å². The molecule has 1 unspecified atom stereocenters. The predicted molar refractivity (Wildman–Crippen MR) is 71.8 cm³/mol. The quantitative estimate of drug-likeness (QED) is 0.672. The van der Waals surface area contributed by atoms with Crippen LogP contribution in [-0.2, 0) is 0 Å². The van der Waals surface area contributed by atoms with Gasteiger partial charge >= 0.3 is 0 Å². The van der Waals surface area contributed by atoms with Crippen molar-refractivity contribution in [1.82, 2.24) is 10.2 Å². The Kier molecular flexibility index (Phi) is 5.77. The topological polar surface area (TPSA) is 15.3 Å². The first-order valence-electron chi connectivity index (χ1n) is 7.00. The normalized spacial score (nSPS) is 22.9. The molecule has 0 amide bonds. The van der Waals surface area contributed by atoms with Gasteiger partial charge in [-0.05, 0) is 37.3 Å². The Morgan fingerprint density at radius 3 is 2.62 bits per heavy atom. The lowest BCUT2D eigenvalue weighted by Crippen LogP contribution is -2.39. The first-order chi connectivity index (χ1) is 7.57. The van der Waals surface area contributed by atoms with Crippen molar-refractivity contribution >= 4 is 0 Å². The molecule has 1 saturated heterocycles. The highest BCUT2D eigenvalue weighted by Gasteiger charge is 2.26. The lowest BCUT2D eigenvalue weighted by atomic mass is 9.92. The summed E-state index contributed by atoms with van der Waals surface area (Å²) in [7, 11) is 0. The molecule has 16 heavy (non-hydrogen) atoms. The summed E-state index contributed by atoms with van der Waals surface area (Å²) in [4.78, 5) is 2.65. The molecule has 1 heterocycles. The SMILES string of the molecule is CCCNCC(C)(C)CN1CCC(CC)C1. The third kappa shape index (κ3) is 4.84. The van der Waals surface area contributed by atoms with Crippen LogP contribution >= 0.6 is 0 Å². The summed E-state index contributed by atoms with van der Waals surface area (Å²) in [6, 6.07) is 0. The van der Waals surface area contributed by atoms with Crippen molar-refractivity contribution in [2.75, 3.05) is 32.7 Å². The second-order valence-corrected chi connectivity index (χ2v) is 6.14. The molecule has 1 aliphatic heterocycles. The average molecular weight is 226 g/mol. The number of rotatable bonds is 7. The summed E-state index contributed by atoms with van der Waals surface area (Å²) in [5.41, 5.74) is 0.414. The zero-order valence-electron chi connectivity index (χ0n) is 11.7. The molecule has 0 radical (unpaired) electrons. The molecule has 0 bridgehead atoms. The van der Waals surface area contributed by atoms with Gasteiger partial charge in [-0.1, -0.05) is 34.1 Å². The van der Waals surface area contributed by atoms with Crippen LogP contribution < -0.4 is 5.32 Å². The van der Waals surface area contributed by atoms with Gasteiger partial charge in [0.05, 0.1) is 0 Å². The van der Waals surface area contributed by atoms with Gasteiger partial charge in [-0.15, -0.1) is 0 Å². The van der Waals surface area contributed by atoms with Gasteiger partial charge in [0, 0.05) is 19.6 Å². The van der Waals surface area contributed by atoms with Crippen molar-refractivity contribution in [1.29, 1.82) is 0 Å². The fraction of sp³-hybridized carbons (Fsp3) is 1.00. The van der Waals surface area contributed by atoms with Gasteiger partial charge in [-0.25, -0.2) is 0 Å². The maximum Gasteiger partial charge on any atom is 0.00449 e. The molecule has 2 heteroatoms. The number of likely N-dealkylation sites (tertiary alicyclic amines) is 1. The highest BCUT2D eigenvalue weighted by molar-refractivity contribution is 4.81. The molecule has 0 aromatic rings. The number of nitrogens with one attached hydrogen (secondary N) is 1. The molecule has 96 valence electrons. The van der Waals surface area contributed by atoms with Gasteiger partial charge in [0.1, 0.15) is 0 Å². The molecule has 0 saturated carbocycles. The standard InChI is InChI=1S/C14H30N2/c1-5-8-15-11-14(3,4)12-16-9-7-13(6-2)10-16/h13,15H,5-12H2,1-4H3.